The lowest BCUT2D eigenvalue weighted by Gasteiger charge is -2.18. The average Bonchev–Trinajstić information content (AvgIpc) is 2.79. The molecule has 0 aliphatic heterocycles. The second-order valence-corrected chi connectivity index (χ2v) is 8.99. The maximum Gasteiger partial charge on any atom is 0.269 e. The van der Waals surface area contributed by atoms with E-state index < -0.39 is 29.7 Å². The van der Waals surface area contributed by atoms with Gasteiger partial charge in [-0.1, -0.05) is 24.3 Å². The lowest BCUT2D eigenvalue weighted by Crippen LogP contribution is -2.47. The second-order valence-electron chi connectivity index (χ2n) is 8.20. The molecular weight excluding hydrogens is 524 g/mol. The van der Waals surface area contributed by atoms with Gasteiger partial charge < -0.3 is 20.1 Å². The minimum Gasteiger partial charge on any atom is -0.487 e. The van der Waals surface area contributed by atoms with Crippen molar-refractivity contribution in [3.05, 3.63) is 97.4 Å². The molecule has 2 aromatic carbocycles. The molecule has 0 saturated carbocycles. The summed E-state index contributed by atoms with van der Waals surface area (Å²) in [6, 6.07) is 11.5. The number of nitrogens with two attached hydrogens (primary N) is 1. The molecule has 0 spiro atoms. The highest BCUT2D eigenvalue weighted by atomic mass is 79.9. The van der Waals surface area contributed by atoms with Crippen LogP contribution in [0.1, 0.15) is 29.3 Å². The predicted octanol–water partition coefficient (Wildman–Crippen LogP) is 3.15. The molecule has 0 fully saturated rings. The zero-order valence-electron chi connectivity index (χ0n) is 19.2. The molecule has 1 aromatic heterocycles. The van der Waals surface area contributed by atoms with Gasteiger partial charge in [0.2, 0.25) is 5.91 Å². The van der Waals surface area contributed by atoms with E-state index in [0.717, 1.165) is 23.3 Å². The van der Waals surface area contributed by atoms with Crippen LogP contribution in [0.4, 0.5) is 8.78 Å². The van der Waals surface area contributed by atoms with Crippen LogP contribution in [0.2, 0.25) is 0 Å². The summed E-state index contributed by atoms with van der Waals surface area (Å²) < 4.78 is 34.4. The minimum atomic E-state index is -0.915. The molecule has 0 saturated heterocycles. The molecule has 4 N–H and O–H groups in total. The van der Waals surface area contributed by atoms with Crippen LogP contribution in [-0.4, -0.2) is 27.7 Å². The van der Waals surface area contributed by atoms with Gasteiger partial charge >= 0.3 is 0 Å². The number of amides is 1. The number of primary amides is 1. The van der Waals surface area contributed by atoms with Gasteiger partial charge in [0.05, 0.1) is 12.6 Å². The summed E-state index contributed by atoms with van der Waals surface area (Å²) in [6.45, 7) is 3.73. The first kappa shape index (κ1) is 26.5. The fourth-order valence-electron chi connectivity index (χ4n) is 3.49. The molecule has 10 heteroatoms. The van der Waals surface area contributed by atoms with Gasteiger partial charge in [0.15, 0.2) is 0 Å². The first-order chi connectivity index (χ1) is 16.6. The lowest BCUT2D eigenvalue weighted by molar-refractivity contribution is -0.122. The standard InChI is InChI=1S/C25H26BrF2N3O4/c1-14-9-21(35-13-18-7-8-19(27)10-20(18)28)22(26)25(34)31(14)12-17-5-3-16(4-6-17)11-30-23(15(2)32)24(29)33/h3-10,15,23,30,32H,11-13H2,1-2H3,(H2,29,33)/t15-,23-/m1/s1. The maximum atomic E-state index is 13.9. The van der Waals surface area contributed by atoms with Crippen LogP contribution in [0.3, 0.4) is 0 Å². The van der Waals surface area contributed by atoms with E-state index in [2.05, 4.69) is 21.2 Å². The number of pyridine rings is 1. The summed E-state index contributed by atoms with van der Waals surface area (Å²) in [5.74, 6) is -1.77. The van der Waals surface area contributed by atoms with Crippen LogP contribution in [-0.2, 0) is 24.5 Å². The van der Waals surface area contributed by atoms with Gasteiger partial charge in [-0.2, -0.15) is 0 Å². The van der Waals surface area contributed by atoms with Gasteiger partial charge in [0.1, 0.15) is 34.5 Å². The van der Waals surface area contributed by atoms with E-state index in [9.17, 15) is 23.5 Å². The molecule has 0 bridgehead atoms. The SMILES string of the molecule is Cc1cc(OCc2ccc(F)cc2F)c(Br)c(=O)n1Cc1ccc(CN[C@@H](C(N)=O)[C@@H](C)O)cc1. The van der Waals surface area contributed by atoms with Crippen LogP contribution < -0.4 is 21.3 Å². The van der Waals surface area contributed by atoms with Gasteiger partial charge in [-0.25, -0.2) is 8.78 Å². The largest absolute Gasteiger partial charge is 0.487 e. The third-order valence-electron chi connectivity index (χ3n) is 5.49. The smallest absolute Gasteiger partial charge is 0.269 e. The van der Waals surface area contributed by atoms with Crippen molar-refractivity contribution in [2.45, 2.75) is 45.7 Å². The number of aliphatic hydroxyl groups excluding tert-OH is 1. The van der Waals surface area contributed by atoms with Gasteiger partial charge in [-0.3, -0.25) is 14.9 Å². The molecule has 0 unspecified atom stereocenters. The molecule has 0 aliphatic carbocycles. The monoisotopic (exact) mass is 549 g/mol. The number of nitrogens with one attached hydrogen (secondary N) is 1. The Bertz CT molecular complexity index is 1260. The number of nitrogens with zero attached hydrogens (tertiary/aromatic N) is 1. The van der Waals surface area contributed by atoms with E-state index >= 15 is 0 Å². The van der Waals surface area contributed by atoms with E-state index in [1.807, 2.05) is 24.3 Å². The molecule has 3 aromatic rings. The summed E-state index contributed by atoms with van der Waals surface area (Å²) in [7, 11) is 0. The number of benzene rings is 2. The summed E-state index contributed by atoms with van der Waals surface area (Å²) in [6.07, 6.45) is -0.915. The first-order valence-corrected chi connectivity index (χ1v) is 11.6. The van der Waals surface area contributed by atoms with E-state index in [1.165, 1.54) is 13.0 Å². The van der Waals surface area contributed by atoms with Crippen molar-refractivity contribution >= 4 is 21.8 Å². The summed E-state index contributed by atoms with van der Waals surface area (Å²) >= 11 is 3.27. The topological polar surface area (TPSA) is 107 Å². The molecule has 3 rings (SSSR count). The molecule has 1 amide bonds. The van der Waals surface area contributed by atoms with E-state index in [1.54, 1.807) is 17.6 Å². The van der Waals surface area contributed by atoms with Crippen molar-refractivity contribution in [2.75, 3.05) is 0 Å². The number of aliphatic hydroxyl groups is 1. The number of carbonyl (C=O) groups excluding carboxylic acids is 1. The van der Waals surface area contributed by atoms with Crippen LogP contribution in [0.15, 0.2) is 57.8 Å². The van der Waals surface area contributed by atoms with Crippen molar-refractivity contribution in [3.8, 4) is 5.75 Å². The molecule has 0 radical (unpaired) electrons. The Labute approximate surface area is 209 Å². The third kappa shape index (κ3) is 6.74. The van der Waals surface area contributed by atoms with Crippen molar-refractivity contribution in [3.63, 3.8) is 0 Å². The number of rotatable bonds is 10. The van der Waals surface area contributed by atoms with Gasteiger partial charge in [0.25, 0.3) is 5.56 Å². The molecule has 35 heavy (non-hydrogen) atoms. The summed E-state index contributed by atoms with van der Waals surface area (Å²) in [4.78, 5) is 24.3. The Balaban J connectivity index is 1.70. The number of aryl methyl sites for hydroxylation is 1. The summed E-state index contributed by atoms with van der Waals surface area (Å²) in [5.41, 5.74) is 7.53. The zero-order valence-corrected chi connectivity index (χ0v) is 20.8. The van der Waals surface area contributed by atoms with Gasteiger partial charge in [-0.05, 0) is 53.0 Å². The second kappa shape index (κ2) is 11.6. The van der Waals surface area contributed by atoms with Gasteiger partial charge in [0, 0.05) is 29.9 Å². The van der Waals surface area contributed by atoms with E-state index in [0.29, 0.717) is 18.8 Å². The van der Waals surface area contributed by atoms with E-state index in [-0.39, 0.29) is 28.0 Å². The fraction of sp³-hybridized carbons (Fsp3) is 0.280. The average molecular weight is 550 g/mol. The maximum absolute atomic E-state index is 13.9. The fourth-order valence-corrected chi connectivity index (χ4v) is 3.94. The minimum absolute atomic E-state index is 0.158. The normalized spacial score (nSPS) is 12.9. The molecule has 7 nitrogen and oxygen atoms in total. The predicted molar refractivity (Wildman–Crippen MR) is 131 cm³/mol. The van der Waals surface area contributed by atoms with Crippen molar-refractivity contribution in [1.29, 1.82) is 0 Å². The number of aromatic nitrogens is 1. The Morgan fingerprint density at radius 3 is 2.43 bits per heavy atom. The number of hydrogen-bond donors (Lipinski definition) is 3. The molecule has 2 atom stereocenters. The number of carbonyl (C=O) groups is 1. The van der Waals surface area contributed by atoms with E-state index in [4.69, 9.17) is 10.5 Å². The van der Waals surface area contributed by atoms with Crippen molar-refractivity contribution in [2.24, 2.45) is 5.73 Å². The highest BCUT2D eigenvalue weighted by Gasteiger charge is 2.20. The molecule has 186 valence electrons. The van der Waals surface area contributed by atoms with Crippen LogP contribution in [0, 0.1) is 18.6 Å². The Morgan fingerprint density at radius 2 is 1.83 bits per heavy atom. The van der Waals surface area contributed by atoms with Crippen LogP contribution >= 0.6 is 15.9 Å². The highest BCUT2D eigenvalue weighted by Crippen LogP contribution is 2.24. The van der Waals surface area contributed by atoms with Crippen molar-refractivity contribution < 1.29 is 23.4 Å². The highest BCUT2D eigenvalue weighted by molar-refractivity contribution is 9.10. The Kier molecular flexibility index (Phi) is 8.76. The molecule has 1 heterocycles. The zero-order chi connectivity index (χ0) is 25.7. The Hall–Kier alpha value is -3.08. The molecular formula is C25H26BrF2N3O4. The summed E-state index contributed by atoms with van der Waals surface area (Å²) in [5, 5.41) is 12.6. The first-order valence-electron chi connectivity index (χ1n) is 10.8. The van der Waals surface area contributed by atoms with Crippen LogP contribution in [0.5, 0.6) is 5.75 Å². The third-order valence-corrected chi connectivity index (χ3v) is 6.22. The quantitative estimate of drug-likeness (QED) is 0.360. The van der Waals surface area contributed by atoms with Gasteiger partial charge in [-0.15, -0.1) is 0 Å². The number of halogens is 3. The molecule has 0 aliphatic rings. The van der Waals surface area contributed by atoms with Crippen LogP contribution in [0.25, 0.3) is 0 Å². The lowest BCUT2D eigenvalue weighted by atomic mass is 10.1. The Morgan fingerprint density at radius 1 is 1.17 bits per heavy atom. The van der Waals surface area contributed by atoms with Crippen molar-refractivity contribution in [1.82, 2.24) is 9.88 Å². The number of hydrogen-bond acceptors (Lipinski definition) is 5. The number of ether oxygens (including phenoxy) is 1.